The summed E-state index contributed by atoms with van der Waals surface area (Å²) in [5.74, 6) is -0.554. The summed E-state index contributed by atoms with van der Waals surface area (Å²) in [5.41, 5.74) is 2.84. The average Bonchev–Trinajstić information content (AvgIpc) is 3.47. The van der Waals surface area contributed by atoms with Gasteiger partial charge in [-0.15, -0.1) is 0 Å². The minimum atomic E-state index is -1.47. The fourth-order valence-electron chi connectivity index (χ4n) is 6.02. The Bertz CT molecular complexity index is 1340. The molecule has 0 bridgehead atoms. The number of hydrogen-bond donors (Lipinski definition) is 0. The van der Waals surface area contributed by atoms with Crippen molar-refractivity contribution in [3.05, 3.63) is 102 Å². The lowest BCUT2D eigenvalue weighted by Crippen LogP contribution is -2.51. The van der Waals surface area contributed by atoms with Crippen LogP contribution in [0.15, 0.2) is 79.4 Å². The molecule has 35 heavy (non-hydrogen) atoms. The summed E-state index contributed by atoms with van der Waals surface area (Å²) in [4.78, 5) is 29.9. The lowest BCUT2D eigenvalue weighted by molar-refractivity contribution is -0.161. The first-order valence-corrected chi connectivity index (χ1v) is 11.6. The molecule has 1 amide bonds. The average molecular weight is 468 g/mol. The van der Waals surface area contributed by atoms with E-state index in [9.17, 15) is 9.59 Å². The van der Waals surface area contributed by atoms with E-state index in [2.05, 4.69) is 6.58 Å². The molecule has 0 N–H and O–H groups in total. The molecule has 0 aromatic heterocycles. The zero-order chi connectivity index (χ0) is 24.2. The van der Waals surface area contributed by atoms with E-state index in [0.29, 0.717) is 24.6 Å². The first kappa shape index (κ1) is 21.5. The zero-order valence-corrected chi connectivity index (χ0v) is 19.4. The number of amides is 1. The quantitative estimate of drug-likeness (QED) is 0.421. The van der Waals surface area contributed by atoms with Gasteiger partial charge in [-0.1, -0.05) is 67.2 Å². The smallest absolute Gasteiger partial charge is 0.323 e. The second kappa shape index (κ2) is 8.01. The van der Waals surface area contributed by atoms with Crippen molar-refractivity contribution in [1.82, 2.24) is 4.90 Å². The third-order valence-corrected chi connectivity index (χ3v) is 7.54. The van der Waals surface area contributed by atoms with Crippen LogP contribution in [0.25, 0.3) is 5.57 Å². The molecular formula is C29H25NO5. The molecule has 3 aromatic carbocycles. The van der Waals surface area contributed by atoms with Gasteiger partial charge in [0, 0.05) is 24.9 Å². The van der Waals surface area contributed by atoms with Gasteiger partial charge in [0.15, 0.2) is 16.9 Å². The minimum absolute atomic E-state index is 0.135. The largest absolute Gasteiger partial charge is 0.468 e. The summed E-state index contributed by atoms with van der Waals surface area (Å²) in [6.45, 7) is 5.32. The molecule has 6 rings (SSSR count). The number of fused-ring (bicyclic) bond motifs is 3. The predicted molar refractivity (Wildman–Crippen MR) is 130 cm³/mol. The molecule has 0 radical (unpaired) electrons. The van der Waals surface area contributed by atoms with E-state index in [0.717, 1.165) is 27.8 Å². The number of hydrogen-bond acceptors (Lipinski definition) is 5. The van der Waals surface area contributed by atoms with Crippen LogP contribution < -0.4 is 9.47 Å². The summed E-state index contributed by atoms with van der Waals surface area (Å²) in [5, 5.41) is 0. The fourth-order valence-corrected chi connectivity index (χ4v) is 6.02. The van der Waals surface area contributed by atoms with E-state index in [4.69, 9.17) is 14.2 Å². The molecule has 0 saturated carbocycles. The molecule has 1 unspecified atom stereocenters. The van der Waals surface area contributed by atoms with Crippen LogP contribution >= 0.6 is 0 Å². The molecule has 6 heteroatoms. The Hall–Kier alpha value is -4.06. The van der Waals surface area contributed by atoms with E-state index in [1.807, 2.05) is 72.8 Å². The lowest BCUT2D eigenvalue weighted by Gasteiger charge is -2.43. The summed E-state index contributed by atoms with van der Waals surface area (Å²) < 4.78 is 16.7. The SMILES string of the molecule is C=C1c2cc3c(cc2C(c2ccccc2)[C@@]2(C(=O)OC)C(=O)N(Cc4ccccc4)C[C@@H]12)OCO3. The number of rotatable bonds is 4. The maximum absolute atomic E-state index is 14.4. The molecule has 3 aliphatic rings. The summed E-state index contributed by atoms with van der Waals surface area (Å²) in [7, 11) is 1.35. The molecule has 6 nitrogen and oxygen atoms in total. The van der Waals surface area contributed by atoms with E-state index in [1.165, 1.54) is 7.11 Å². The highest BCUT2D eigenvalue weighted by Crippen LogP contribution is 2.61. The number of ether oxygens (including phenoxy) is 3. The van der Waals surface area contributed by atoms with Gasteiger partial charge in [-0.3, -0.25) is 9.59 Å². The van der Waals surface area contributed by atoms with Gasteiger partial charge in [0.05, 0.1) is 7.11 Å². The number of benzene rings is 3. The Labute approximate surface area is 203 Å². The number of carbonyl (C=O) groups excluding carboxylic acids is 2. The topological polar surface area (TPSA) is 65.1 Å². The Morgan fingerprint density at radius 3 is 2.40 bits per heavy atom. The molecule has 3 aromatic rings. The standard InChI is InChI=1S/C29H25NO5/c1-18-21-13-24-25(35-17-34-24)14-22(21)26(20-11-7-4-8-12-20)29(28(32)33-2)23(18)16-30(27(29)31)15-19-9-5-3-6-10-19/h3-14,23,26H,1,15-17H2,2H3/t23-,26?,29+/m0/s1. The zero-order valence-electron chi connectivity index (χ0n) is 19.4. The number of esters is 1. The van der Waals surface area contributed by atoms with Crippen molar-refractivity contribution in [2.75, 3.05) is 20.4 Å². The Morgan fingerprint density at radius 1 is 1.06 bits per heavy atom. The van der Waals surface area contributed by atoms with Gasteiger partial charge in [0.2, 0.25) is 12.7 Å². The van der Waals surface area contributed by atoms with Gasteiger partial charge in [-0.05, 0) is 40.0 Å². The van der Waals surface area contributed by atoms with Gasteiger partial charge >= 0.3 is 5.97 Å². The van der Waals surface area contributed by atoms with Crippen molar-refractivity contribution >= 4 is 17.4 Å². The lowest BCUT2D eigenvalue weighted by atomic mass is 9.56. The molecule has 1 aliphatic carbocycles. The van der Waals surface area contributed by atoms with Crippen LogP contribution in [0.3, 0.4) is 0 Å². The first-order valence-electron chi connectivity index (χ1n) is 11.6. The van der Waals surface area contributed by atoms with Gasteiger partial charge in [-0.25, -0.2) is 0 Å². The van der Waals surface area contributed by atoms with Crippen molar-refractivity contribution in [2.24, 2.45) is 11.3 Å². The highest BCUT2D eigenvalue weighted by Gasteiger charge is 2.67. The van der Waals surface area contributed by atoms with E-state index in [1.54, 1.807) is 4.90 Å². The Kier molecular flexibility index (Phi) is 4.92. The molecule has 1 fully saturated rings. The highest BCUT2D eigenvalue weighted by molar-refractivity contribution is 6.10. The van der Waals surface area contributed by atoms with Crippen LogP contribution in [0.5, 0.6) is 11.5 Å². The van der Waals surface area contributed by atoms with E-state index in [-0.39, 0.29) is 12.7 Å². The normalized spacial score (nSPS) is 24.2. The molecule has 2 heterocycles. The van der Waals surface area contributed by atoms with Crippen LogP contribution in [-0.2, 0) is 20.9 Å². The summed E-state index contributed by atoms with van der Waals surface area (Å²) in [6, 6.07) is 23.3. The maximum atomic E-state index is 14.4. The van der Waals surface area contributed by atoms with E-state index >= 15 is 0 Å². The van der Waals surface area contributed by atoms with Crippen LogP contribution in [0, 0.1) is 11.3 Å². The van der Waals surface area contributed by atoms with Gasteiger partial charge < -0.3 is 19.1 Å². The van der Waals surface area contributed by atoms with Crippen molar-refractivity contribution in [3.8, 4) is 11.5 Å². The van der Waals surface area contributed by atoms with Crippen molar-refractivity contribution in [2.45, 2.75) is 12.5 Å². The maximum Gasteiger partial charge on any atom is 0.323 e. The molecule has 3 atom stereocenters. The van der Waals surface area contributed by atoms with Gasteiger partial charge in [0.1, 0.15) is 0 Å². The molecular weight excluding hydrogens is 442 g/mol. The fraction of sp³-hybridized carbons (Fsp3) is 0.241. The van der Waals surface area contributed by atoms with Gasteiger partial charge in [-0.2, -0.15) is 0 Å². The van der Waals surface area contributed by atoms with Crippen molar-refractivity contribution < 1.29 is 23.8 Å². The van der Waals surface area contributed by atoms with E-state index < -0.39 is 23.2 Å². The molecule has 2 aliphatic heterocycles. The molecule has 1 saturated heterocycles. The van der Waals surface area contributed by atoms with Crippen LogP contribution in [0.1, 0.15) is 28.2 Å². The van der Waals surface area contributed by atoms with Crippen LogP contribution in [0.4, 0.5) is 0 Å². The number of methoxy groups -OCH3 is 1. The second-order valence-electron chi connectivity index (χ2n) is 9.25. The third kappa shape index (κ3) is 3.02. The second-order valence-corrected chi connectivity index (χ2v) is 9.25. The van der Waals surface area contributed by atoms with Crippen molar-refractivity contribution in [1.29, 1.82) is 0 Å². The molecule has 176 valence electrons. The number of nitrogens with zero attached hydrogens (tertiary/aromatic N) is 1. The Balaban J connectivity index is 1.58. The van der Waals surface area contributed by atoms with Crippen molar-refractivity contribution in [3.63, 3.8) is 0 Å². The predicted octanol–water partition coefficient (Wildman–Crippen LogP) is 4.39. The third-order valence-electron chi connectivity index (χ3n) is 7.54. The monoisotopic (exact) mass is 467 g/mol. The Morgan fingerprint density at radius 2 is 1.71 bits per heavy atom. The summed E-state index contributed by atoms with van der Waals surface area (Å²) in [6.07, 6.45) is 0. The summed E-state index contributed by atoms with van der Waals surface area (Å²) >= 11 is 0. The minimum Gasteiger partial charge on any atom is -0.468 e. The first-order chi connectivity index (χ1) is 17.1. The van der Waals surface area contributed by atoms with Crippen LogP contribution in [0.2, 0.25) is 0 Å². The number of carbonyl (C=O) groups is 2. The number of likely N-dealkylation sites (tertiary alicyclic amines) is 1. The van der Waals surface area contributed by atoms with Gasteiger partial charge in [0.25, 0.3) is 0 Å². The highest BCUT2D eigenvalue weighted by atomic mass is 16.7. The van der Waals surface area contributed by atoms with Crippen LogP contribution in [-0.4, -0.2) is 37.2 Å². The molecule has 0 spiro atoms.